The number of hydrogen-bond acceptors (Lipinski definition) is 14. The van der Waals surface area contributed by atoms with E-state index >= 15 is 0 Å². The molecule has 14 nitrogen and oxygen atoms in total. The van der Waals surface area contributed by atoms with E-state index in [0.29, 0.717) is 50.8 Å². The molecule has 44 heavy (non-hydrogen) atoms. The van der Waals surface area contributed by atoms with Gasteiger partial charge in [-0.25, -0.2) is 0 Å². The van der Waals surface area contributed by atoms with Gasteiger partial charge in [-0.1, -0.05) is 24.3 Å². The van der Waals surface area contributed by atoms with Gasteiger partial charge in [0.15, 0.2) is 0 Å². The third-order valence-electron chi connectivity index (χ3n) is 5.13. The number of nitrogens with zero attached hydrogens (tertiary/aromatic N) is 2. The number of aliphatic hydroxyl groups is 4. The topological polar surface area (TPSA) is 232 Å². The fraction of sp³-hybridized carbons (Fsp3) is 0.500. The van der Waals surface area contributed by atoms with E-state index in [1.165, 1.54) is 26.4 Å². The van der Waals surface area contributed by atoms with Crippen LogP contribution in [-0.2, 0) is 34.1 Å². The Morgan fingerprint density at radius 3 is 1.05 bits per heavy atom. The van der Waals surface area contributed by atoms with Gasteiger partial charge in [-0.05, 0) is 37.4 Å². The molecule has 0 amide bonds. The van der Waals surface area contributed by atoms with Crippen LogP contribution in [-0.4, -0.2) is 135 Å². The van der Waals surface area contributed by atoms with Gasteiger partial charge < -0.3 is 69.7 Å². The van der Waals surface area contributed by atoms with Crippen molar-refractivity contribution in [2.75, 3.05) is 93.1 Å². The van der Waals surface area contributed by atoms with Gasteiger partial charge in [0.2, 0.25) is 0 Å². The molecule has 0 aliphatic heterocycles. The molecule has 0 fully saturated rings. The van der Waals surface area contributed by atoms with Crippen molar-refractivity contribution >= 4 is 11.9 Å². The van der Waals surface area contributed by atoms with E-state index < -0.39 is 11.9 Å². The molecule has 0 spiro atoms. The summed E-state index contributed by atoms with van der Waals surface area (Å²) < 4.78 is 9.57. The van der Waals surface area contributed by atoms with Crippen LogP contribution in [0.3, 0.4) is 0 Å². The Balaban J connectivity index is -0.000000239. The monoisotopic (exact) mass is 724 g/mol. The van der Waals surface area contributed by atoms with E-state index in [0.717, 1.165) is 0 Å². The SMILES string of the molecule is COc1ccccc1C(=O)[O-].COc1ccccc1C(=O)[O-].[Cu+2].[Cu+2].[O-]CCN(CCO)CCO.[O-]CCN(CCO)CCO. The normalized spacial score (nSPS) is 9.50. The summed E-state index contributed by atoms with van der Waals surface area (Å²) in [7, 11) is 2.84. The first-order chi connectivity index (χ1) is 20.2. The van der Waals surface area contributed by atoms with E-state index in [2.05, 4.69) is 0 Å². The van der Waals surface area contributed by atoms with Gasteiger partial charge in [-0.2, -0.15) is 0 Å². The van der Waals surface area contributed by atoms with Crippen molar-refractivity contribution in [1.29, 1.82) is 0 Å². The Morgan fingerprint density at radius 1 is 0.591 bits per heavy atom. The maximum absolute atomic E-state index is 10.4. The second kappa shape index (κ2) is 33.6. The minimum atomic E-state index is -1.22. The number of hydrogen-bond donors (Lipinski definition) is 4. The first-order valence-corrected chi connectivity index (χ1v) is 12.9. The third kappa shape index (κ3) is 24.1. The number of methoxy groups -OCH3 is 2. The Morgan fingerprint density at radius 2 is 0.864 bits per heavy atom. The Kier molecular flexibility index (Phi) is 37.1. The minimum absolute atomic E-state index is 0. The second-order valence-electron chi connectivity index (χ2n) is 7.96. The number of para-hydroxylation sites is 2. The van der Waals surface area contributed by atoms with Gasteiger partial charge in [-0.3, -0.25) is 0 Å². The molecule has 2 rings (SSSR count). The van der Waals surface area contributed by atoms with E-state index in [9.17, 15) is 30.0 Å². The van der Waals surface area contributed by atoms with Gasteiger partial charge >= 0.3 is 34.1 Å². The van der Waals surface area contributed by atoms with E-state index in [4.69, 9.17) is 29.9 Å². The van der Waals surface area contributed by atoms with Crippen molar-refractivity contribution in [3.63, 3.8) is 0 Å². The van der Waals surface area contributed by atoms with Crippen molar-refractivity contribution in [2.45, 2.75) is 0 Å². The second-order valence-corrected chi connectivity index (χ2v) is 7.96. The van der Waals surface area contributed by atoms with Gasteiger partial charge in [0.25, 0.3) is 0 Å². The predicted molar refractivity (Wildman–Crippen MR) is 146 cm³/mol. The van der Waals surface area contributed by atoms with Gasteiger partial charge in [-0.15, -0.1) is 13.2 Å². The number of rotatable bonds is 16. The molecule has 0 bridgehead atoms. The van der Waals surface area contributed by atoms with E-state index in [1.54, 1.807) is 46.2 Å². The molecule has 0 aliphatic rings. The van der Waals surface area contributed by atoms with Crippen LogP contribution >= 0.6 is 0 Å². The summed E-state index contributed by atoms with van der Waals surface area (Å²) in [6, 6.07) is 12.7. The molecule has 258 valence electrons. The van der Waals surface area contributed by atoms with Crippen molar-refractivity contribution in [1.82, 2.24) is 9.80 Å². The number of aromatic carboxylic acids is 2. The molecule has 2 aromatic carbocycles. The summed E-state index contributed by atoms with van der Waals surface area (Å²) in [6.07, 6.45) is 0. The summed E-state index contributed by atoms with van der Waals surface area (Å²) in [6.45, 7) is 2.51. The van der Waals surface area contributed by atoms with Crippen LogP contribution < -0.4 is 29.9 Å². The molecule has 2 aromatic rings. The number of aliphatic hydroxyl groups excluding tert-OH is 4. The molecule has 4 N–H and O–H groups in total. The minimum Gasteiger partial charge on any atom is -0.854 e. The van der Waals surface area contributed by atoms with Crippen molar-refractivity contribution in [3.8, 4) is 11.5 Å². The van der Waals surface area contributed by atoms with Crippen LogP contribution in [0.25, 0.3) is 0 Å². The van der Waals surface area contributed by atoms with Crippen LogP contribution in [0, 0.1) is 0 Å². The summed E-state index contributed by atoms with van der Waals surface area (Å²) in [5, 5.41) is 74.8. The molecule has 0 aliphatic carbocycles. The molecule has 0 heterocycles. The van der Waals surface area contributed by atoms with Crippen molar-refractivity contribution in [2.24, 2.45) is 0 Å². The largest absolute Gasteiger partial charge is 2.00 e. The maximum Gasteiger partial charge on any atom is 2.00 e. The predicted octanol–water partition coefficient (Wildman–Crippen LogP) is -4.62. The maximum atomic E-state index is 10.4. The van der Waals surface area contributed by atoms with Gasteiger partial charge in [0, 0.05) is 37.3 Å². The first kappa shape index (κ1) is 48.6. The molecular weight excluding hydrogens is 683 g/mol. The number of carboxylic acid groups (broad SMARTS) is 2. The molecule has 0 atom stereocenters. The average Bonchev–Trinajstić information content (AvgIpc) is 2.99. The Bertz CT molecular complexity index is 856. The molecule has 2 radical (unpaired) electrons. The number of benzene rings is 2. The molecule has 16 heteroatoms. The van der Waals surface area contributed by atoms with Crippen molar-refractivity contribution in [3.05, 3.63) is 59.7 Å². The zero-order chi connectivity index (χ0) is 32.2. The zero-order valence-corrected chi connectivity index (χ0v) is 26.5. The molecule has 0 aromatic heterocycles. The number of carboxylic acids is 2. The van der Waals surface area contributed by atoms with E-state index in [-0.39, 0.29) is 84.9 Å². The van der Waals surface area contributed by atoms with Crippen LogP contribution in [0.1, 0.15) is 20.7 Å². The number of carbonyl (C=O) groups is 2. The molecule has 0 saturated carbocycles. The number of ether oxygens (including phenoxy) is 2. The van der Waals surface area contributed by atoms with Crippen LogP contribution in [0.15, 0.2) is 48.5 Å². The summed E-state index contributed by atoms with van der Waals surface area (Å²) >= 11 is 0. The fourth-order valence-corrected chi connectivity index (χ4v) is 3.12. The van der Waals surface area contributed by atoms with Gasteiger partial charge in [0.1, 0.15) is 11.5 Å². The Labute approximate surface area is 279 Å². The zero-order valence-electron chi connectivity index (χ0n) is 24.7. The first-order valence-electron chi connectivity index (χ1n) is 12.9. The summed E-state index contributed by atoms with van der Waals surface area (Å²) in [5.41, 5.74) is 0.157. The average molecular weight is 726 g/mol. The molecule has 0 saturated heterocycles. The summed E-state index contributed by atoms with van der Waals surface area (Å²) in [5.74, 6) is -1.79. The van der Waals surface area contributed by atoms with Crippen molar-refractivity contribution < 1.29 is 94.1 Å². The quantitative estimate of drug-likeness (QED) is 0.119. The molecule has 0 unspecified atom stereocenters. The fourth-order valence-electron chi connectivity index (χ4n) is 3.12. The third-order valence-corrected chi connectivity index (χ3v) is 5.13. The standard InChI is InChI=1S/2C8H8O3.2C6H14NO3.2Cu/c2*1-11-7-5-3-2-4-6(7)8(9)10;2*8-4-1-7(2-5-9)3-6-10;;/h2*2-5H,1H3,(H,9,10);2*8-9H,1-6H2;;/q;;2*-1;2*+2/p-2. The Hall–Kier alpha value is -2.30. The number of carbonyl (C=O) groups excluding carboxylic acids is 2. The molecular formula is C28H42Cu2N2O12. The van der Waals surface area contributed by atoms with Crippen LogP contribution in [0.5, 0.6) is 11.5 Å². The smallest absolute Gasteiger partial charge is 0.854 e. The van der Waals surface area contributed by atoms with Crippen LogP contribution in [0.4, 0.5) is 0 Å². The van der Waals surface area contributed by atoms with Crippen LogP contribution in [0.2, 0.25) is 0 Å². The van der Waals surface area contributed by atoms with Gasteiger partial charge in [0.05, 0.1) is 52.6 Å². The van der Waals surface area contributed by atoms with E-state index in [1.807, 2.05) is 0 Å². The summed E-state index contributed by atoms with van der Waals surface area (Å²) in [4.78, 5) is 24.2.